The maximum absolute atomic E-state index is 10.0. The first-order valence-corrected chi connectivity index (χ1v) is 9.09. The summed E-state index contributed by atoms with van der Waals surface area (Å²) in [7, 11) is 0. The molecule has 2 aromatic rings. The maximum atomic E-state index is 10.0. The van der Waals surface area contributed by atoms with Gasteiger partial charge < -0.3 is 10.2 Å². The van der Waals surface area contributed by atoms with Gasteiger partial charge in [-0.05, 0) is 17.5 Å². The molecule has 23 heavy (non-hydrogen) atoms. The van der Waals surface area contributed by atoms with E-state index in [9.17, 15) is 10.2 Å². The minimum absolute atomic E-state index is 0.146. The maximum Gasteiger partial charge on any atom is 0.124 e. The molecule has 0 radical (unpaired) electrons. The van der Waals surface area contributed by atoms with Gasteiger partial charge in [0.2, 0.25) is 0 Å². The zero-order valence-corrected chi connectivity index (χ0v) is 15.3. The third kappa shape index (κ3) is 4.19. The van der Waals surface area contributed by atoms with Crippen molar-refractivity contribution < 1.29 is 10.2 Å². The average Bonchev–Trinajstić information content (AvgIpc) is 2.57. The van der Waals surface area contributed by atoms with Crippen LogP contribution >= 0.6 is 46.4 Å². The highest BCUT2D eigenvalue weighted by Gasteiger charge is 2.12. The van der Waals surface area contributed by atoms with Crippen LogP contribution in [0.1, 0.15) is 33.4 Å². The van der Waals surface area contributed by atoms with E-state index in [-0.39, 0.29) is 35.0 Å². The Labute approximate surface area is 155 Å². The van der Waals surface area contributed by atoms with Gasteiger partial charge in [0, 0.05) is 22.3 Å². The number of phenolic OH excluding ortho intramolecular Hbond substituents is 2. The second-order valence-electron chi connectivity index (χ2n) is 5.24. The van der Waals surface area contributed by atoms with Crippen LogP contribution in [0.3, 0.4) is 0 Å². The Morgan fingerprint density at radius 2 is 0.826 bits per heavy atom. The van der Waals surface area contributed by atoms with Gasteiger partial charge in [0.1, 0.15) is 11.5 Å². The van der Waals surface area contributed by atoms with Crippen LogP contribution in [0.15, 0.2) is 24.3 Å². The summed E-state index contributed by atoms with van der Waals surface area (Å²) in [6.45, 7) is 0. The first kappa shape index (κ1) is 18.5. The number of phenols is 2. The van der Waals surface area contributed by atoms with Crippen LogP contribution in [0.4, 0.5) is 0 Å². The lowest BCUT2D eigenvalue weighted by atomic mass is 9.97. The van der Waals surface area contributed by atoms with Crippen LogP contribution in [-0.2, 0) is 29.9 Å². The quantitative estimate of drug-likeness (QED) is 0.623. The number of hydrogen-bond acceptors (Lipinski definition) is 2. The van der Waals surface area contributed by atoms with Gasteiger partial charge in [0.05, 0.1) is 23.5 Å². The predicted molar refractivity (Wildman–Crippen MR) is 97.2 cm³/mol. The molecule has 2 rings (SSSR count). The average molecular weight is 394 g/mol. The molecule has 0 aliphatic carbocycles. The standard InChI is InChI=1S/C17H16Cl4O2/c18-6-12-2-10(3-13(7-19)16(12)22)1-11-4-14(8-20)17(23)15(5-11)9-21/h2-5,22-23H,1,6-9H2. The van der Waals surface area contributed by atoms with Crippen molar-refractivity contribution in [2.24, 2.45) is 0 Å². The van der Waals surface area contributed by atoms with Crippen LogP contribution in [0, 0.1) is 0 Å². The molecule has 0 spiro atoms. The SMILES string of the molecule is Oc1c(CCl)cc(Cc2cc(CCl)c(O)c(CCl)c2)cc1CCl. The summed E-state index contributed by atoms with van der Waals surface area (Å²) in [6, 6.07) is 7.41. The molecule has 0 amide bonds. The molecule has 0 aliphatic rings. The number of halogens is 4. The molecule has 0 aliphatic heterocycles. The Hall–Kier alpha value is -0.800. The van der Waals surface area contributed by atoms with Crippen molar-refractivity contribution >= 4 is 46.4 Å². The molecule has 0 aromatic heterocycles. The third-order valence-electron chi connectivity index (χ3n) is 3.64. The summed E-state index contributed by atoms with van der Waals surface area (Å²) < 4.78 is 0. The summed E-state index contributed by atoms with van der Waals surface area (Å²) in [6.07, 6.45) is 0.599. The zero-order valence-electron chi connectivity index (χ0n) is 12.3. The Morgan fingerprint density at radius 1 is 0.565 bits per heavy atom. The number of hydrogen-bond donors (Lipinski definition) is 2. The number of benzene rings is 2. The van der Waals surface area contributed by atoms with Crippen LogP contribution < -0.4 is 0 Å². The highest BCUT2D eigenvalue weighted by atomic mass is 35.5. The summed E-state index contributed by atoms with van der Waals surface area (Å²) in [4.78, 5) is 0. The van der Waals surface area contributed by atoms with Crippen molar-refractivity contribution in [1.82, 2.24) is 0 Å². The largest absolute Gasteiger partial charge is 0.507 e. The zero-order chi connectivity index (χ0) is 17.0. The Kier molecular flexibility index (Phi) is 6.72. The topological polar surface area (TPSA) is 40.5 Å². The van der Waals surface area contributed by atoms with E-state index in [1.54, 1.807) is 0 Å². The van der Waals surface area contributed by atoms with Crippen molar-refractivity contribution in [3.8, 4) is 11.5 Å². The lowest BCUT2D eigenvalue weighted by molar-refractivity contribution is 0.465. The van der Waals surface area contributed by atoms with Gasteiger partial charge in [-0.1, -0.05) is 24.3 Å². The van der Waals surface area contributed by atoms with Gasteiger partial charge in [0.15, 0.2) is 0 Å². The minimum Gasteiger partial charge on any atom is -0.507 e. The molecule has 0 saturated carbocycles. The molecule has 0 saturated heterocycles. The van der Waals surface area contributed by atoms with E-state index in [1.807, 2.05) is 24.3 Å². The van der Waals surface area contributed by atoms with Gasteiger partial charge in [-0.15, -0.1) is 46.4 Å². The fourth-order valence-electron chi connectivity index (χ4n) is 2.51. The molecule has 0 fully saturated rings. The Balaban J connectivity index is 2.43. The van der Waals surface area contributed by atoms with Crippen LogP contribution in [0.5, 0.6) is 11.5 Å². The molecule has 2 N–H and O–H groups in total. The molecule has 0 unspecified atom stereocenters. The second kappa shape index (κ2) is 8.34. The molecular formula is C17H16Cl4O2. The monoisotopic (exact) mass is 392 g/mol. The number of rotatable bonds is 6. The van der Waals surface area contributed by atoms with E-state index in [4.69, 9.17) is 46.4 Å². The summed E-state index contributed by atoms with van der Waals surface area (Å²) >= 11 is 23.5. The first-order chi connectivity index (χ1) is 11.0. The van der Waals surface area contributed by atoms with Gasteiger partial charge in [-0.25, -0.2) is 0 Å². The van der Waals surface area contributed by atoms with Gasteiger partial charge in [0.25, 0.3) is 0 Å². The molecule has 0 bridgehead atoms. The Morgan fingerprint density at radius 3 is 1.04 bits per heavy atom. The van der Waals surface area contributed by atoms with Crippen molar-refractivity contribution in [2.75, 3.05) is 0 Å². The summed E-state index contributed by atoms with van der Waals surface area (Å²) in [5.74, 6) is 1.12. The lowest BCUT2D eigenvalue weighted by Gasteiger charge is -2.13. The van der Waals surface area contributed by atoms with E-state index in [2.05, 4.69) is 0 Å². The van der Waals surface area contributed by atoms with Crippen molar-refractivity contribution in [3.63, 3.8) is 0 Å². The van der Waals surface area contributed by atoms with E-state index < -0.39 is 0 Å². The molecule has 2 aromatic carbocycles. The van der Waals surface area contributed by atoms with E-state index >= 15 is 0 Å². The van der Waals surface area contributed by atoms with E-state index in [0.29, 0.717) is 28.7 Å². The van der Waals surface area contributed by atoms with Crippen LogP contribution in [0.25, 0.3) is 0 Å². The van der Waals surface area contributed by atoms with E-state index in [1.165, 1.54) is 0 Å². The third-order valence-corrected chi connectivity index (χ3v) is 4.79. The fraction of sp³-hybridized carbons (Fsp3) is 0.294. The van der Waals surface area contributed by atoms with Crippen LogP contribution in [-0.4, -0.2) is 10.2 Å². The van der Waals surface area contributed by atoms with Crippen molar-refractivity contribution in [3.05, 3.63) is 57.6 Å². The minimum atomic E-state index is 0.146. The molecule has 2 nitrogen and oxygen atoms in total. The smallest absolute Gasteiger partial charge is 0.124 e. The summed E-state index contributed by atoms with van der Waals surface area (Å²) in [5.41, 5.74) is 4.53. The summed E-state index contributed by atoms with van der Waals surface area (Å²) in [5, 5.41) is 20.1. The van der Waals surface area contributed by atoms with Crippen molar-refractivity contribution in [2.45, 2.75) is 29.9 Å². The molecule has 124 valence electrons. The first-order valence-electron chi connectivity index (χ1n) is 6.95. The molecule has 6 heteroatoms. The normalized spacial score (nSPS) is 11.0. The van der Waals surface area contributed by atoms with Crippen LogP contribution in [0.2, 0.25) is 0 Å². The lowest BCUT2D eigenvalue weighted by Crippen LogP contribution is -1.97. The number of alkyl halides is 4. The van der Waals surface area contributed by atoms with Gasteiger partial charge >= 0.3 is 0 Å². The van der Waals surface area contributed by atoms with Gasteiger partial charge in [-0.2, -0.15) is 0 Å². The Bertz CT molecular complexity index is 591. The highest BCUT2D eigenvalue weighted by Crippen LogP contribution is 2.31. The fourth-order valence-corrected chi connectivity index (χ4v) is 3.33. The molecular weight excluding hydrogens is 378 g/mol. The van der Waals surface area contributed by atoms with Crippen molar-refractivity contribution in [1.29, 1.82) is 0 Å². The molecule has 0 heterocycles. The number of aromatic hydroxyl groups is 2. The van der Waals surface area contributed by atoms with Gasteiger partial charge in [-0.3, -0.25) is 0 Å². The predicted octanol–water partition coefficient (Wildman–Crippen LogP) is 5.64. The molecule has 0 atom stereocenters. The highest BCUT2D eigenvalue weighted by molar-refractivity contribution is 6.18. The second-order valence-corrected chi connectivity index (χ2v) is 6.31. The van der Waals surface area contributed by atoms with E-state index in [0.717, 1.165) is 11.1 Å².